The summed E-state index contributed by atoms with van der Waals surface area (Å²) in [7, 11) is -1.81. The Labute approximate surface area is 137 Å². The first-order valence-corrected chi connectivity index (χ1v) is 8.94. The summed E-state index contributed by atoms with van der Waals surface area (Å²) in [4.78, 5) is 1.81. The van der Waals surface area contributed by atoms with Crippen molar-refractivity contribution < 1.29 is 12.8 Å². The number of hydrogen-bond acceptors (Lipinski definition) is 3. The maximum Gasteiger partial charge on any atom is 0.243 e. The molecule has 0 bridgehead atoms. The van der Waals surface area contributed by atoms with Crippen molar-refractivity contribution >= 4 is 10.0 Å². The summed E-state index contributed by atoms with van der Waals surface area (Å²) < 4.78 is 40.0. The van der Waals surface area contributed by atoms with Gasteiger partial charge in [0.25, 0.3) is 0 Å². The maximum atomic E-state index is 13.5. The summed E-state index contributed by atoms with van der Waals surface area (Å²) in [5.74, 6) is -0.735. The molecule has 124 valence electrons. The molecular weight excluding hydrogens is 315 g/mol. The van der Waals surface area contributed by atoms with E-state index in [-0.39, 0.29) is 11.4 Å². The van der Waals surface area contributed by atoms with Gasteiger partial charge in [0.15, 0.2) is 0 Å². The fraction of sp³-hybridized carbons (Fsp3) is 0.294. The van der Waals surface area contributed by atoms with Gasteiger partial charge in [0, 0.05) is 13.1 Å². The lowest BCUT2D eigenvalue weighted by atomic mass is 10.2. The zero-order valence-electron chi connectivity index (χ0n) is 13.1. The Morgan fingerprint density at radius 2 is 1.70 bits per heavy atom. The van der Waals surface area contributed by atoms with Crippen molar-refractivity contribution in [3.8, 4) is 0 Å². The minimum absolute atomic E-state index is 0.274. The monoisotopic (exact) mass is 336 g/mol. The quantitative estimate of drug-likeness (QED) is 0.754. The Morgan fingerprint density at radius 1 is 1.04 bits per heavy atom. The molecule has 0 spiro atoms. The predicted molar refractivity (Wildman–Crippen MR) is 89.0 cm³/mol. The molecule has 0 aliphatic heterocycles. The van der Waals surface area contributed by atoms with Gasteiger partial charge in [-0.05, 0) is 37.7 Å². The molecule has 0 aliphatic rings. The van der Waals surface area contributed by atoms with Gasteiger partial charge < -0.3 is 4.90 Å². The van der Waals surface area contributed by atoms with Gasteiger partial charge in [-0.2, -0.15) is 0 Å². The van der Waals surface area contributed by atoms with E-state index in [1.165, 1.54) is 23.8 Å². The highest BCUT2D eigenvalue weighted by Crippen LogP contribution is 2.12. The van der Waals surface area contributed by atoms with Crippen molar-refractivity contribution in [1.82, 2.24) is 9.62 Å². The summed E-state index contributed by atoms with van der Waals surface area (Å²) in [5.41, 5.74) is 1.21. The highest BCUT2D eigenvalue weighted by Gasteiger charge is 2.17. The van der Waals surface area contributed by atoms with Gasteiger partial charge in [-0.1, -0.05) is 42.5 Å². The van der Waals surface area contributed by atoms with Crippen LogP contribution >= 0.6 is 0 Å². The molecule has 0 aromatic heterocycles. The third-order valence-electron chi connectivity index (χ3n) is 3.43. The molecule has 0 amide bonds. The largest absolute Gasteiger partial charge is 0.302 e. The van der Waals surface area contributed by atoms with Crippen LogP contribution in [0.1, 0.15) is 12.0 Å². The lowest BCUT2D eigenvalue weighted by molar-refractivity contribution is 0.322. The van der Waals surface area contributed by atoms with Crippen LogP contribution in [0.3, 0.4) is 0 Å². The van der Waals surface area contributed by atoms with Crippen LogP contribution < -0.4 is 4.72 Å². The molecule has 6 heteroatoms. The molecule has 2 aromatic rings. The van der Waals surface area contributed by atoms with Crippen LogP contribution in [0.4, 0.5) is 4.39 Å². The van der Waals surface area contributed by atoms with Crippen molar-refractivity contribution in [3.05, 3.63) is 66.0 Å². The summed E-state index contributed by atoms with van der Waals surface area (Å²) in [5, 5.41) is 0. The number of hydrogen-bond donors (Lipinski definition) is 1. The second kappa shape index (κ2) is 8.19. The van der Waals surface area contributed by atoms with Crippen molar-refractivity contribution in [3.63, 3.8) is 0 Å². The fourth-order valence-corrected chi connectivity index (χ4v) is 3.42. The second-order valence-corrected chi connectivity index (χ2v) is 7.14. The molecule has 1 N–H and O–H groups in total. The number of benzene rings is 2. The van der Waals surface area contributed by atoms with Gasteiger partial charge in [0.05, 0.1) is 0 Å². The second-order valence-electron chi connectivity index (χ2n) is 5.41. The number of halogens is 1. The molecule has 0 heterocycles. The van der Waals surface area contributed by atoms with Crippen LogP contribution in [0, 0.1) is 5.82 Å². The first kappa shape index (κ1) is 17.6. The summed E-state index contributed by atoms with van der Waals surface area (Å²) >= 11 is 0. The van der Waals surface area contributed by atoms with E-state index in [0.717, 1.165) is 19.2 Å². The molecule has 0 radical (unpaired) electrons. The number of nitrogens with zero attached hydrogens (tertiary/aromatic N) is 1. The molecule has 0 saturated carbocycles. The Bertz CT molecular complexity index is 720. The van der Waals surface area contributed by atoms with Crippen molar-refractivity contribution in [2.45, 2.75) is 17.9 Å². The minimum Gasteiger partial charge on any atom is -0.302 e. The number of nitrogens with one attached hydrogen (secondary N) is 1. The Morgan fingerprint density at radius 3 is 2.39 bits per heavy atom. The molecule has 0 unspecified atom stereocenters. The smallest absolute Gasteiger partial charge is 0.243 e. The minimum atomic E-state index is -3.79. The first-order valence-electron chi connectivity index (χ1n) is 7.46. The number of rotatable bonds is 8. The highest BCUT2D eigenvalue weighted by molar-refractivity contribution is 7.89. The predicted octanol–water partition coefficient (Wildman–Crippen LogP) is 2.63. The van der Waals surface area contributed by atoms with E-state index in [1.54, 1.807) is 0 Å². The Balaban J connectivity index is 1.78. The van der Waals surface area contributed by atoms with Crippen LogP contribution in [-0.2, 0) is 16.6 Å². The molecule has 23 heavy (non-hydrogen) atoms. The fourth-order valence-electron chi connectivity index (χ4n) is 2.27. The molecule has 2 aromatic carbocycles. The van der Waals surface area contributed by atoms with E-state index in [1.807, 2.05) is 25.2 Å². The normalized spacial score (nSPS) is 11.8. The van der Waals surface area contributed by atoms with E-state index < -0.39 is 15.8 Å². The maximum absolute atomic E-state index is 13.5. The van der Waals surface area contributed by atoms with E-state index in [4.69, 9.17) is 0 Å². The zero-order chi connectivity index (χ0) is 16.7. The number of sulfonamides is 1. The lowest BCUT2D eigenvalue weighted by Crippen LogP contribution is -2.28. The van der Waals surface area contributed by atoms with Crippen LogP contribution in [0.15, 0.2) is 59.5 Å². The van der Waals surface area contributed by atoms with E-state index in [0.29, 0.717) is 6.42 Å². The van der Waals surface area contributed by atoms with Crippen LogP contribution in [0.2, 0.25) is 0 Å². The first-order chi connectivity index (χ1) is 11.0. The van der Waals surface area contributed by atoms with Gasteiger partial charge in [-0.15, -0.1) is 0 Å². The van der Waals surface area contributed by atoms with Crippen LogP contribution in [0.25, 0.3) is 0 Å². The average Bonchev–Trinajstić information content (AvgIpc) is 2.53. The molecule has 2 rings (SSSR count). The third-order valence-corrected chi connectivity index (χ3v) is 4.92. The summed E-state index contributed by atoms with van der Waals surface area (Å²) in [6.45, 7) is 1.82. The zero-order valence-corrected chi connectivity index (χ0v) is 13.9. The van der Waals surface area contributed by atoms with E-state index in [9.17, 15) is 12.8 Å². The topological polar surface area (TPSA) is 49.4 Å². The molecule has 0 aliphatic carbocycles. The Kier molecular flexibility index (Phi) is 6.27. The van der Waals surface area contributed by atoms with Crippen LogP contribution in [-0.4, -0.2) is 33.5 Å². The van der Waals surface area contributed by atoms with Gasteiger partial charge in [-0.3, -0.25) is 0 Å². The van der Waals surface area contributed by atoms with E-state index >= 15 is 0 Å². The van der Waals surface area contributed by atoms with Gasteiger partial charge in [0.2, 0.25) is 10.0 Å². The van der Waals surface area contributed by atoms with Gasteiger partial charge >= 0.3 is 0 Å². The van der Waals surface area contributed by atoms with Crippen molar-refractivity contribution in [2.75, 3.05) is 20.1 Å². The SMILES string of the molecule is CN(CCCNS(=O)(=O)c1ccccc1F)Cc1ccccc1. The van der Waals surface area contributed by atoms with Crippen LogP contribution in [0.5, 0.6) is 0 Å². The average molecular weight is 336 g/mol. The Hall–Kier alpha value is -1.76. The van der Waals surface area contributed by atoms with Crippen molar-refractivity contribution in [1.29, 1.82) is 0 Å². The third kappa shape index (κ3) is 5.42. The molecule has 0 atom stereocenters. The molecular formula is C17H21FN2O2S. The molecule has 0 saturated heterocycles. The molecule has 4 nitrogen and oxygen atoms in total. The van der Waals surface area contributed by atoms with Gasteiger partial charge in [-0.25, -0.2) is 17.5 Å². The lowest BCUT2D eigenvalue weighted by Gasteiger charge is -2.16. The van der Waals surface area contributed by atoms with E-state index in [2.05, 4.69) is 21.8 Å². The van der Waals surface area contributed by atoms with Gasteiger partial charge in [0.1, 0.15) is 10.7 Å². The standard InChI is InChI=1S/C17H21FN2O2S/c1-20(14-15-8-3-2-4-9-15)13-7-12-19-23(21,22)17-11-6-5-10-16(17)18/h2-6,8-11,19H,7,12-14H2,1H3. The molecule has 0 fully saturated rings. The summed E-state index contributed by atoms with van der Waals surface area (Å²) in [6, 6.07) is 15.4. The highest BCUT2D eigenvalue weighted by atomic mass is 32.2. The van der Waals surface area contributed by atoms with Crippen molar-refractivity contribution in [2.24, 2.45) is 0 Å². The summed E-state index contributed by atoms with van der Waals surface area (Å²) in [6.07, 6.45) is 0.650.